The van der Waals surface area contributed by atoms with Gasteiger partial charge < -0.3 is 29.2 Å². The number of nitrogens with one attached hydrogen (secondary N) is 1. The van der Waals surface area contributed by atoms with E-state index < -0.39 is 19.7 Å². The number of anilines is 2. The molecule has 2 heterocycles. The van der Waals surface area contributed by atoms with Crippen LogP contribution in [0.4, 0.5) is 21.0 Å². The zero-order valence-electron chi connectivity index (χ0n) is 43.8. The number of halogens is 2. The van der Waals surface area contributed by atoms with Crippen molar-refractivity contribution in [2.24, 2.45) is 0 Å². The van der Waals surface area contributed by atoms with Crippen LogP contribution >= 0.6 is 23.2 Å². The molecule has 4 amide bonds. The van der Waals surface area contributed by atoms with Gasteiger partial charge in [0.2, 0.25) is 0 Å². The normalized spacial score (nSPS) is 14.9. The topological polar surface area (TPSA) is 161 Å². The molecule has 2 aliphatic rings. The minimum atomic E-state index is -3.24. The van der Waals surface area contributed by atoms with Gasteiger partial charge in [0.25, 0.3) is 0 Å². The Morgan fingerprint density at radius 2 is 0.950 bits per heavy atom. The molecule has 1 N–H and O–H groups in total. The zero-order valence-corrected chi connectivity index (χ0v) is 47.0. The van der Waals surface area contributed by atoms with E-state index in [9.17, 15) is 26.4 Å². The number of ether oxygens (including phenoxy) is 4. The first-order valence-corrected chi connectivity index (χ1v) is 30.0. The average Bonchev–Trinajstić information content (AvgIpc) is 4.14. The van der Waals surface area contributed by atoms with Crippen LogP contribution < -0.4 is 34.1 Å². The molecule has 10 rings (SSSR count). The fraction of sp³-hybridized carbons (Fsp3) is 0.161. The summed E-state index contributed by atoms with van der Waals surface area (Å²) in [6, 6.07) is 63.6. The van der Waals surface area contributed by atoms with Gasteiger partial charge in [-0.05, 0) is 144 Å². The minimum absolute atomic E-state index is 0.104. The molecule has 2 atom stereocenters. The summed E-state index contributed by atoms with van der Waals surface area (Å²) < 4.78 is 67.3. The molecule has 0 aliphatic carbocycles. The lowest BCUT2D eigenvalue weighted by molar-refractivity contribution is 0.223. The van der Waals surface area contributed by atoms with Crippen molar-refractivity contribution in [2.75, 3.05) is 47.7 Å². The first-order valence-electron chi connectivity index (χ1n) is 25.2. The number of carbonyl (C=O) groups is 2. The maximum Gasteiger partial charge on any atom is 0.325 e. The number of hydrogen-bond donors (Lipinski definition) is 1. The van der Waals surface area contributed by atoms with Crippen LogP contribution in [0, 0.1) is 0 Å². The van der Waals surface area contributed by atoms with Gasteiger partial charge in [0, 0.05) is 59.0 Å². The number of urea groups is 2. The third-order valence-corrected chi connectivity index (χ3v) is 14.5. The predicted octanol–water partition coefficient (Wildman–Crippen LogP) is 13.9. The first-order chi connectivity index (χ1) is 38.5. The number of amides is 4. The van der Waals surface area contributed by atoms with Gasteiger partial charge in [0.05, 0.1) is 17.8 Å². The second-order valence-corrected chi connectivity index (χ2v) is 23.7. The molecule has 2 fully saturated rings. The van der Waals surface area contributed by atoms with Crippen LogP contribution in [-0.2, 0) is 32.9 Å². The van der Waals surface area contributed by atoms with Crippen molar-refractivity contribution in [1.29, 1.82) is 0 Å². The Morgan fingerprint density at radius 1 is 0.537 bits per heavy atom. The monoisotopic (exact) mass is 1150 g/mol. The standard InChI is InChI=1S/C31H29ClN2O5S.C28H23ClN2O3.C3H6O2S/c1-40(36,37)19-18-33-21-30(24-8-5-9-29(20-24)38-22-23-6-3-2-4-7-23)34(31(33)35)26-12-16-28(17-13-26)39-27-14-10-25(32)11-15-27;29-22-9-13-24(14-10-22)34-25-15-11-23(12-16-25)31-27(18-30-28(31)32)21-7-4-8-26(17-21)33-19-20-5-2-1-3-6-20;1-3-6(2,4)5/h2-17,20,30H,18-19,21-22H2,1H3;1-17,27H,18-19H2,(H,30,32);3H,1H2,2H3. The van der Waals surface area contributed by atoms with Gasteiger partial charge >= 0.3 is 12.1 Å². The molecule has 80 heavy (non-hydrogen) atoms. The quantitative estimate of drug-likeness (QED) is 0.0875. The molecular weight excluding hydrogens is 1100 g/mol. The highest BCUT2D eigenvalue weighted by Gasteiger charge is 2.39. The molecule has 8 aromatic rings. The summed E-state index contributed by atoms with van der Waals surface area (Å²) >= 11 is 11.9. The number of sulfone groups is 2. The van der Waals surface area contributed by atoms with Crippen molar-refractivity contribution in [3.8, 4) is 34.5 Å². The minimum Gasteiger partial charge on any atom is -0.489 e. The summed E-state index contributed by atoms with van der Waals surface area (Å²) in [5.74, 6) is 3.99. The van der Waals surface area contributed by atoms with Gasteiger partial charge in [-0.15, -0.1) is 0 Å². The Morgan fingerprint density at radius 3 is 1.38 bits per heavy atom. The van der Waals surface area contributed by atoms with Crippen LogP contribution in [0.2, 0.25) is 10.0 Å². The van der Waals surface area contributed by atoms with Crippen molar-refractivity contribution >= 4 is 66.3 Å². The van der Waals surface area contributed by atoms with E-state index in [0.29, 0.717) is 70.8 Å². The van der Waals surface area contributed by atoms with Gasteiger partial charge in [-0.1, -0.05) is 115 Å². The van der Waals surface area contributed by atoms with Crippen molar-refractivity contribution in [3.05, 3.63) is 251 Å². The van der Waals surface area contributed by atoms with Gasteiger partial charge in [0.1, 0.15) is 57.5 Å². The fourth-order valence-corrected chi connectivity index (χ4v) is 9.26. The van der Waals surface area contributed by atoms with Crippen LogP contribution in [0.25, 0.3) is 0 Å². The van der Waals surface area contributed by atoms with Crippen molar-refractivity contribution in [2.45, 2.75) is 25.3 Å². The fourth-order valence-electron chi connectivity index (χ4n) is 8.46. The van der Waals surface area contributed by atoms with Crippen LogP contribution in [0.5, 0.6) is 34.5 Å². The molecule has 0 aromatic heterocycles. The Balaban J connectivity index is 0.000000193. The molecule has 0 spiro atoms. The first kappa shape index (κ1) is 57.9. The zero-order chi connectivity index (χ0) is 56.7. The molecule has 2 saturated heterocycles. The van der Waals surface area contributed by atoms with E-state index in [4.69, 9.17) is 42.1 Å². The highest BCUT2D eigenvalue weighted by molar-refractivity contribution is 7.93. The van der Waals surface area contributed by atoms with Crippen LogP contribution in [0.3, 0.4) is 0 Å². The van der Waals surface area contributed by atoms with E-state index in [1.54, 1.807) is 63.2 Å². The lowest BCUT2D eigenvalue weighted by Crippen LogP contribution is -2.35. The van der Waals surface area contributed by atoms with Gasteiger partial charge in [0.15, 0.2) is 9.84 Å². The van der Waals surface area contributed by atoms with Gasteiger partial charge in [-0.3, -0.25) is 9.80 Å². The van der Waals surface area contributed by atoms with E-state index in [1.165, 1.54) is 6.26 Å². The lowest BCUT2D eigenvalue weighted by atomic mass is 10.1. The van der Waals surface area contributed by atoms with E-state index in [1.807, 2.05) is 158 Å². The Hall–Kier alpha value is -8.28. The molecule has 0 radical (unpaired) electrons. The van der Waals surface area contributed by atoms with Crippen molar-refractivity contribution < 1.29 is 45.4 Å². The molecule has 2 unspecified atom stereocenters. The van der Waals surface area contributed by atoms with E-state index in [-0.39, 0.29) is 36.4 Å². The highest BCUT2D eigenvalue weighted by Crippen LogP contribution is 2.38. The molecule has 0 bridgehead atoms. The summed E-state index contributed by atoms with van der Waals surface area (Å²) in [6.45, 7) is 4.94. The molecule has 14 nitrogen and oxygen atoms in total. The van der Waals surface area contributed by atoms with Crippen molar-refractivity contribution in [3.63, 3.8) is 0 Å². The number of hydrogen-bond acceptors (Lipinski definition) is 10. The third-order valence-electron chi connectivity index (χ3n) is 12.5. The largest absolute Gasteiger partial charge is 0.489 e. The SMILES string of the molecule is C=CS(C)(=O)=O.CS(=O)(=O)CCN1CC(c2cccc(OCc3ccccc3)c2)N(c2ccc(Oc3ccc(Cl)cc3)cc2)C1=O.O=C1NCC(c2cccc(OCc3ccccc3)c2)N1c1ccc(Oc2ccc(Cl)cc2)cc1. The van der Waals surface area contributed by atoms with Crippen LogP contribution in [-0.4, -0.2) is 71.7 Å². The molecule has 2 aliphatic heterocycles. The summed E-state index contributed by atoms with van der Waals surface area (Å²) in [5.41, 5.74) is 5.52. The molecule has 8 aromatic carbocycles. The lowest BCUT2D eigenvalue weighted by Gasteiger charge is -2.24. The summed E-state index contributed by atoms with van der Waals surface area (Å²) in [7, 11) is -6.13. The summed E-state index contributed by atoms with van der Waals surface area (Å²) in [6.07, 6.45) is 2.27. The van der Waals surface area contributed by atoms with E-state index >= 15 is 0 Å². The number of benzene rings is 8. The highest BCUT2D eigenvalue weighted by atomic mass is 35.5. The maximum absolute atomic E-state index is 13.6. The summed E-state index contributed by atoms with van der Waals surface area (Å²) in [4.78, 5) is 31.3. The predicted molar refractivity (Wildman–Crippen MR) is 316 cm³/mol. The Bertz CT molecular complexity index is 3570. The maximum atomic E-state index is 13.6. The van der Waals surface area contributed by atoms with Gasteiger partial charge in [-0.25, -0.2) is 26.4 Å². The van der Waals surface area contributed by atoms with Crippen LogP contribution in [0.1, 0.15) is 34.3 Å². The number of carbonyl (C=O) groups excluding carboxylic acids is 2. The third kappa shape index (κ3) is 16.9. The second kappa shape index (κ2) is 27.1. The Labute approximate surface area is 477 Å². The molecule has 18 heteroatoms. The average molecular weight is 1150 g/mol. The second-order valence-electron chi connectivity index (χ2n) is 18.6. The smallest absolute Gasteiger partial charge is 0.325 e. The van der Waals surface area contributed by atoms with E-state index in [2.05, 4.69) is 11.9 Å². The molecular formula is C62H58Cl2N4O10S2. The van der Waals surface area contributed by atoms with Gasteiger partial charge in [-0.2, -0.15) is 0 Å². The number of nitrogens with zero attached hydrogens (tertiary/aromatic N) is 3. The molecule has 412 valence electrons. The summed E-state index contributed by atoms with van der Waals surface area (Å²) in [5, 5.41) is 5.14. The van der Waals surface area contributed by atoms with Crippen molar-refractivity contribution in [1.82, 2.24) is 10.2 Å². The molecule has 0 saturated carbocycles. The van der Waals surface area contributed by atoms with Crippen LogP contribution in [0.15, 0.2) is 218 Å². The van der Waals surface area contributed by atoms with E-state index in [0.717, 1.165) is 45.4 Å². The number of rotatable bonds is 18. The Kier molecular flexibility index (Phi) is 19.6.